The highest BCUT2D eigenvalue weighted by atomic mass is 16.3. The summed E-state index contributed by atoms with van der Waals surface area (Å²) >= 11 is 0. The summed E-state index contributed by atoms with van der Waals surface area (Å²) in [5.74, 6) is 1.40. The van der Waals surface area contributed by atoms with E-state index >= 15 is 0 Å². The Hall–Kier alpha value is -1.29. The lowest BCUT2D eigenvalue weighted by Gasteiger charge is -2.36. The van der Waals surface area contributed by atoms with Crippen LogP contribution in [-0.2, 0) is 6.42 Å². The van der Waals surface area contributed by atoms with Gasteiger partial charge >= 0.3 is 0 Å². The van der Waals surface area contributed by atoms with Gasteiger partial charge in [-0.05, 0) is 25.5 Å². The van der Waals surface area contributed by atoms with Gasteiger partial charge < -0.3 is 14.6 Å². The molecule has 18 heavy (non-hydrogen) atoms. The molecule has 0 aromatic carbocycles. The number of piperidine rings is 1. The molecule has 1 amide bonds. The first-order valence-electron chi connectivity index (χ1n) is 6.70. The van der Waals surface area contributed by atoms with E-state index in [1.807, 2.05) is 18.9 Å². The number of amides is 1. The Morgan fingerprint density at radius 1 is 1.61 bits per heavy atom. The first-order chi connectivity index (χ1) is 8.67. The van der Waals surface area contributed by atoms with Crippen molar-refractivity contribution in [3.63, 3.8) is 0 Å². The molecule has 1 N–H and O–H groups in total. The lowest BCUT2D eigenvalue weighted by atomic mass is 9.93. The Balaban J connectivity index is 2.07. The normalized spacial score (nSPS) is 24.3. The van der Waals surface area contributed by atoms with E-state index in [0.717, 1.165) is 37.3 Å². The lowest BCUT2D eigenvalue weighted by Crippen LogP contribution is -2.49. The van der Waals surface area contributed by atoms with Gasteiger partial charge in [-0.3, -0.25) is 4.79 Å². The van der Waals surface area contributed by atoms with Gasteiger partial charge in [-0.25, -0.2) is 0 Å². The molecule has 4 heteroatoms. The predicted molar refractivity (Wildman–Crippen MR) is 70.6 cm³/mol. The SMILES string of the molecule is CCc1occc1C(=O)N1CCC(NC)C(C)C1. The molecule has 1 aliphatic heterocycles. The summed E-state index contributed by atoms with van der Waals surface area (Å²) in [6.07, 6.45) is 3.38. The monoisotopic (exact) mass is 250 g/mol. The van der Waals surface area contributed by atoms with Crippen molar-refractivity contribution in [3.05, 3.63) is 23.7 Å². The molecule has 2 heterocycles. The van der Waals surface area contributed by atoms with Gasteiger partial charge in [0, 0.05) is 25.6 Å². The van der Waals surface area contributed by atoms with E-state index in [1.165, 1.54) is 0 Å². The highest BCUT2D eigenvalue weighted by Crippen LogP contribution is 2.20. The summed E-state index contributed by atoms with van der Waals surface area (Å²) in [6.45, 7) is 5.84. The van der Waals surface area contributed by atoms with Crippen LogP contribution in [0.5, 0.6) is 0 Å². The molecule has 1 aromatic heterocycles. The third-order valence-electron chi connectivity index (χ3n) is 3.86. The van der Waals surface area contributed by atoms with E-state index < -0.39 is 0 Å². The molecule has 100 valence electrons. The van der Waals surface area contributed by atoms with Crippen LogP contribution in [-0.4, -0.2) is 37.0 Å². The first-order valence-corrected chi connectivity index (χ1v) is 6.70. The number of likely N-dealkylation sites (tertiary alicyclic amines) is 1. The van der Waals surface area contributed by atoms with Gasteiger partial charge in [-0.15, -0.1) is 0 Å². The fraction of sp³-hybridized carbons (Fsp3) is 0.643. The number of nitrogens with zero attached hydrogens (tertiary/aromatic N) is 1. The summed E-state index contributed by atoms with van der Waals surface area (Å²) in [5, 5.41) is 3.31. The van der Waals surface area contributed by atoms with Gasteiger partial charge in [0.2, 0.25) is 0 Å². The summed E-state index contributed by atoms with van der Waals surface area (Å²) in [6, 6.07) is 2.31. The highest BCUT2D eigenvalue weighted by molar-refractivity contribution is 5.95. The number of aryl methyl sites for hydroxylation is 1. The second kappa shape index (κ2) is 5.57. The van der Waals surface area contributed by atoms with Crippen molar-refractivity contribution in [2.75, 3.05) is 20.1 Å². The Kier molecular flexibility index (Phi) is 4.07. The van der Waals surface area contributed by atoms with E-state index in [0.29, 0.717) is 12.0 Å². The van der Waals surface area contributed by atoms with Crippen molar-refractivity contribution in [2.45, 2.75) is 32.7 Å². The number of nitrogens with one attached hydrogen (secondary N) is 1. The zero-order valence-electron chi connectivity index (χ0n) is 11.4. The molecule has 0 bridgehead atoms. The minimum Gasteiger partial charge on any atom is -0.469 e. The smallest absolute Gasteiger partial charge is 0.257 e. The Labute approximate surface area is 108 Å². The second-order valence-electron chi connectivity index (χ2n) is 5.02. The van der Waals surface area contributed by atoms with E-state index in [2.05, 4.69) is 12.2 Å². The molecule has 1 saturated heterocycles. The van der Waals surface area contributed by atoms with Crippen molar-refractivity contribution in [1.82, 2.24) is 10.2 Å². The van der Waals surface area contributed by atoms with Crippen LogP contribution in [0.2, 0.25) is 0 Å². The minimum atomic E-state index is 0.113. The van der Waals surface area contributed by atoms with E-state index in [-0.39, 0.29) is 5.91 Å². The number of rotatable bonds is 3. The topological polar surface area (TPSA) is 45.5 Å². The van der Waals surface area contributed by atoms with Crippen molar-refractivity contribution in [1.29, 1.82) is 0 Å². The molecule has 0 spiro atoms. The third kappa shape index (κ3) is 2.43. The van der Waals surface area contributed by atoms with Gasteiger partial charge in [-0.1, -0.05) is 13.8 Å². The number of carbonyl (C=O) groups excluding carboxylic acids is 1. The first kappa shape index (κ1) is 13.1. The molecule has 4 nitrogen and oxygen atoms in total. The Bertz CT molecular complexity index is 414. The Morgan fingerprint density at radius 2 is 2.39 bits per heavy atom. The third-order valence-corrected chi connectivity index (χ3v) is 3.86. The molecule has 1 fully saturated rings. The van der Waals surface area contributed by atoms with Crippen molar-refractivity contribution in [3.8, 4) is 0 Å². The van der Waals surface area contributed by atoms with Crippen LogP contribution in [0.25, 0.3) is 0 Å². The number of carbonyl (C=O) groups is 1. The maximum Gasteiger partial charge on any atom is 0.257 e. The second-order valence-corrected chi connectivity index (χ2v) is 5.02. The summed E-state index contributed by atoms with van der Waals surface area (Å²) < 4.78 is 5.34. The van der Waals surface area contributed by atoms with Crippen LogP contribution >= 0.6 is 0 Å². The average Bonchev–Trinajstić information content (AvgIpc) is 2.86. The zero-order chi connectivity index (χ0) is 13.1. The van der Waals surface area contributed by atoms with Crippen molar-refractivity contribution >= 4 is 5.91 Å². The van der Waals surface area contributed by atoms with Crippen LogP contribution in [0.1, 0.15) is 36.4 Å². The lowest BCUT2D eigenvalue weighted by molar-refractivity contribution is 0.0647. The highest BCUT2D eigenvalue weighted by Gasteiger charge is 2.29. The molecule has 0 radical (unpaired) electrons. The molecule has 2 rings (SSSR count). The van der Waals surface area contributed by atoms with E-state index in [9.17, 15) is 4.79 Å². The molecule has 1 aliphatic rings. The molecular weight excluding hydrogens is 228 g/mol. The predicted octanol–water partition coefficient (Wildman–Crippen LogP) is 1.91. The van der Waals surface area contributed by atoms with Crippen LogP contribution in [0, 0.1) is 5.92 Å². The largest absolute Gasteiger partial charge is 0.469 e. The van der Waals surface area contributed by atoms with Gasteiger partial charge in [-0.2, -0.15) is 0 Å². The van der Waals surface area contributed by atoms with Crippen molar-refractivity contribution < 1.29 is 9.21 Å². The fourth-order valence-corrected chi connectivity index (χ4v) is 2.73. The summed E-state index contributed by atoms with van der Waals surface area (Å²) in [7, 11) is 1.99. The molecule has 0 aliphatic carbocycles. The minimum absolute atomic E-state index is 0.113. The maximum absolute atomic E-state index is 12.4. The summed E-state index contributed by atoms with van der Waals surface area (Å²) in [4.78, 5) is 14.4. The van der Waals surface area contributed by atoms with Crippen LogP contribution in [0.4, 0.5) is 0 Å². The van der Waals surface area contributed by atoms with E-state index in [4.69, 9.17) is 4.42 Å². The number of hydrogen-bond acceptors (Lipinski definition) is 3. The maximum atomic E-state index is 12.4. The molecular formula is C14H22N2O2. The fourth-order valence-electron chi connectivity index (χ4n) is 2.73. The number of furan rings is 1. The van der Waals surface area contributed by atoms with Gasteiger partial charge in [0.05, 0.1) is 11.8 Å². The van der Waals surface area contributed by atoms with Gasteiger partial charge in [0.25, 0.3) is 5.91 Å². The van der Waals surface area contributed by atoms with Crippen LogP contribution in [0.3, 0.4) is 0 Å². The van der Waals surface area contributed by atoms with Crippen molar-refractivity contribution in [2.24, 2.45) is 5.92 Å². The van der Waals surface area contributed by atoms with E-state index in [1.54, 1.807) is 12.3 Å². The Morgan fingerprint density at radius 3 is 3.00 bits per heavy atom. The van der Waals surface area contributed by atoms with Crippen LogP contribution < -0.4 is 5.32 Å². The van der Waals surface area contributed by atoms with Gasteiger partial charge in [0.15, 0.2) is 0 Å². The van der Waals surface area contributed by atoms with Gasteiger partial charge in [0.1, 0.15) is 5.76 Å². The zero-order valence-corrected chi connectivity index (χ0v) is 11.4. The number of hydrogen-bond donors (Lipinski definition) is 1. The van der Waals surface area contributed by atoms with Crippen LogP contribution in [0.15, 0.2) is 16.7 Å². The summed E-state index contributed by atoms with van der Waals surface area (Å²) in [5.41, 5.74) is 0.729. The standard InChI is InChI=1S/C14H22N2O2/c1-4-13-11(6-8-18-13)14(17)16-7-5-12(15-3)10(2)9-16/h6,8,10,12,15H,4-5,7,9H2,1-3H3. The molecule has 2 atom stereocenters. The average molecular weight is 250 g/mol. The quantitative estimate of drug-likeness (QED) is 0.891. The molecule has 0 saturated carbocycles. The molecule has 2 unspecified atom stereocenters. The molecule has 1 aromatic rings.